The molecule has 8 heteroatoms. The molecule has 1 saturated heterocycles. The highest BCUT2D eigenvalue weighted by Crippen LogP contribution is 2.27. The van der Waals surface area contributed by atoms with Gasteiger partial charge in [0.1, 0.15) is 5.54 Å². The number of piperazine rings is 1. The zero-order valence-corrected chi connectivity index (χ0v) is 19.0. The van der Waals surface area contributed by atoms with Crippen molar-refractivity contribution in [3.8, 4) is 0 Å². The number of rotatable bonds is 7. The quantitative estimate of drug-likeness (QED) is 0.708. The molecule has 1 aliphatic rings. The number of sulfonamides is 1. The van der Waals surface area contributed by atoms with Crippen LogP contribution in [-0.4, -0.2) is 54.3 Å². The number of hydrogen-bond acceptors (Lipinski definition) is 4. The van der Waals surface area contributed by atoms with Gasteiger partial charge in [0.15, 0.2) is 0 Å². The third-order valence-corrected chi connectivity index (χ3v) is 6.91. The van der Waals surface area contributed by atoms with Crippen LogP contribution in [0, 0.1) is 0 Å². The Kier molecular flexibility index (Phi) is 6.81. The van der Waals surface area contributed by atoms with Gasteiger partial charge in [0.2, 0.25) is 21.8 Å². The maximum absolute atomic E-state index is 13.3. The van der Waals surface area contributed by atoms with Gasteiger partial charge in [0.05, 0.1) is 12.8 Å². The maximum atomic E-state index is 13.3. The number of benzene rings is 2. The predicted molar refractivity (Wildman–Crippen MR) is 119 cm³/mol. The third-order valence-electron chi connectivity index (χ3n) is 5.72. The lowest BCUT2D eigenvalue weighted by Crippen LogP contribution is -2.69. The first-order valence-electron chi connectivity index (χ1n) is 10.3. The van der Waals surface area contributed by atoms with Gasteiger partial charge < -0.3 is 10.2 Å². The van der Waals surface area contributed by atoms with Crippen LogP contribution in [0.3, 0.4) is 0 Å². The van der Waals surface area contributed by atoms with E-state index in [9.17, 15) is 18.0 Å². The average molecular weight is 444 g/mol. The van der Waals surface area contributed by atoms with Crippen molar-refractivity contribution in [2.24, 2.45) is 0 Å². The molecule has 0 saturated carbocycles. The first-order chi connectivity index (χ1) is 14.6. The first kappa shape index (κ1) is 23.0. The molecule has 2 aromatic carbocycles. The van der Waals surface area contributed by atoms with Crippen LogP contribution < -0.4 is 5.32 Å². The van der Waals surface area contributed by atoms with Crippen LogP contribution in [0.2, 0.25) is 0 Å². The molecule has 1 aliphatic heterocycles. The SMILES string of the molecule is CCc1ccc(CN2C(=O)CN(S(C)(=O)=O)CC2(C)C(=O)NCc2ccccc2)cc1. The van der Waals surface area contributed by atoms with E-state index in [-0.39, 0.29) is 25.5 Å². The predicted octanol–water partition coefficient (Wildman–Crippen LogP) is 1.93. The molecule has 1 atom stereocenters. The van der Waals surface area contributed by atoms with Crippen molar-refractivity contribution in [1.82, 2.24) is 14.5 Å². The molecule has 3 rings (SSSR count). The summed E-state index contributed by atoms with van der Waals surface area (Å²) >= 11 is 0. The topological polar surface area (TPSA) is 86.8 Å². The zero-order chi connectivity index (χ0) is 22.6. The fourth-order valence-corrected chi connectivity index (χ4v) is 4.55. The number of hydrogen-bond donors (Lipinski definition) is 1. The molecule has 1 unspecified atom stereocenters. The van der Waals surface area contributed by atoms with Gasteiger partial charge in [-0.1, -0.05) is 61.5 Å². The number of nitrogens with zero attached hydrogens (tertiary/aromatic N) is 2. The van der Waals surface area contributed by atoms with Crippen LogP contribution >= 0.6 is 0 Å². The summed E-state index contributed by atoms with van der Waals surface area (Å²) in [5, 5.41) is 2.88. The van der Waals surface area contributed by atoms with Crippen LogP contribution in [-0.2, 0) is 39.1 Å². The molecule has 7 nitrogen and oxygen atoms in total. The van der Waals surface area contributed by atoms with E-state index in [0.717, 1.165) is 28.1 Å². The number of carbonyl (C=O) groups excluding carboxylic acids is 2. The summed E-state index contributed by atoms with van der Waals surface area (Å²) in [7, 11) is -3.63. The lowest BCUT2D eigenvalue weighted by atomic mass is 9.94. The Morgan fingerprint density at radius 3 is 2.23 bits per heavy atom. The second-order valence-corrected chi connectivity index (χ2v) is 10.1. The van der Waals surface area contributed by atoms with Crippen molar-refractivity contribution < 1.29 is 18.0 Å². The average Bonchev–Trinajstić information content (AvgIpc) is 2.75. The van der Waals surface area contributed by atoms with Crippen LogP contribution in [0.5, 0.6) is 0 Å². The van der Waals surface area contributed by atoms with Gasteiger partial charge in [-0.05, 0) is 30.0 Å². The Hall–Kier alpha value is -2.71. The van der Waals surface area contributed by atoms with E-state index in [4.69, 9.17) is 0 Å². The smallest absolute Gasteiger partial charge is 0.247 e. The monoisotopic (exact) mass is 443 g/mol. The summed E-state index contributed by atoms with van der Waals surface area (Å²) in [5.74, 6) is -0.781. The van der Waals surface area contributed by atoms with Gasteiger partial charge in [-0.3, -0.25) is 9.59 Å². The van der Waals surface area contributed by atoms with Crippen molar-refractivity contribution in [1.29, 1.82) is 0 Å². The largest absolute Gasteiger partial charge is 0.350 e. The Bertz CT molecular complexity index is 1040. The molecule has 31 heavy (non-hydrogen) atoms. The second-order valence-electron chi connectivity index (χ2n) is 8.12. The highest BCUT2D eigenvalue weighted by molar-refractivity contribution is 7.88. The molecule has 0 bridgehead atoms. The van der Waals surface area contributed by atoms with Crippen LogP contribution in [0.4, 0.5) is 0 Å². The molecule has 1 heterocycles. The highest BCUT2D eigenvalue weighted by atomic mass is 32.2. The fourth-order valence-electron chi connectivity index (χ4n) is 3.72. The van der Waals surface area contributed by atoms with Crippen molar-refractivity contribution in [2.75, 3.05) is 19.3 Å². The van der Waals surface area contributed by atoms with Gasteiger partial charge in [-0.2, -0.15) is 4.31 Å². The molecule has 166 valence electrons. The Morgan fingerprint density at radius 2 is 1.65 bits per heavy atom. The zero-order valence-electron chi connectivity index (χ0n) is 18.2. The van der Waals surface area contributed by atoms with E-state index >= 15 is 0 Å². The molecule has 0 spiro atoms. The minimum Gasteiger partial charge on any atom is -0.350 e. The normalized spacial score (nSPS) is 20.0. The number of carbonyl (C=O) groups is 2. The summed E-state index contributed by atoms with van der Waals surface area (Å²) in [6, 6.07) is 17.3. The highest BCUT2D eigenvalue weighted by Gasteiger charge is 2.49. The number of nitrogens with one attached hydrogen (secondary N) is 1. The molecule has 1 N–H and O–H groups in total. The Balaban J connectivity index is 1.87. The molecular weight excluding hydrogens is 414 g/mol. The van der Waals surface area contributed by atoms with Crippen LogP contribution in [0.25, 0.3) is 0 Å². The van der Waals surface area contributed by atoms with Gasteiger partial charge in [0.25, 0.3) is 0 Å². The molecule has 0 radical (unpaired) electrons. The molecule has 0 aliphatic carbocycles. The molecule has 1 fully saturated rings. The number of aryl methyl sites for hydroxylation is 1. The van der Waals surface area contributed by atoms with Gasteiger partial charge in [0, 0.05) is 19.6 Å². The summed E-state index contributed by atoms with van der Waals surface area (Å²) in [5.41, 5.74) is 1.65. The van der Waals surface area contributed by atoms with E-state index in [1.54, 1.807) is 6.92 Å². The summed E-state index contributed by atoms with van der Waals surface area (Å²) in [6.45, 7) is 3.86. The molecule has 0 aromatic heterocycles. The number of amides is 2. The minimum absolute atomic E-state index is 0.0920. The van der Waals surface area contributed by atoms with Crippen LogP contribution in [0.1, 0.15) is 30.5 Å². The van der Waals surface area contributed by atoms with E-state index < -0.39 is 21.5 Å². The van der Waals surface area contributed by atoms with E-state index in [2.05, 4.69) is 12.2 Å². The summed E-state index contributed by atoms with van der Waals surface area (Å²) < 4.78 is 25.4. The molecule has 2 amide bonds. The van der Waals surface area contributed by atoms with E-state index in [0.29, 0.717) is 6.54 Å². The van der Waals surface area contributed by atoms with Crippen molar-refractivity contribution in [3.05, 3.63) is 71.3 Å². The lowest BCUT2D eigenvalue weighted by molar-refractivity contribution is -0.153. The van der Waals surface area contributed by atoms with E-state index in [1.165, 1.54) is 10.5 Å². The third kappa shape index (κ3) is 5.32. The van der Waals surface area contributed by atoms with Crippen LogP contribution in [0.15, 0.2) is 54.6 Å². The summed E-state index contributed by atoms with van der Waals surface area (Å²) in [4.78, 5) is 27.8. The van der Waals surface area contributed by atoms with Crippen molar-refractivity contribution >= 4 is 21.8 Å². The lowest BCUT2D eigenvalue weighted by Gasteiger charge is -2.46. The molecular formula is C23H29N3O4S. The van der Waals surface area contributed by atoms with Crippen molar-refractivity contribution in [3.63, 3.8) is 0 Å². The summed E-state index contributed by atoms with van der Waals surface area (Å²) in [6.07, 6.45) is 1.97. The van der Waals surface area contributed by atoms with Gasteiger partial charge >= 0.3 is 0 Å². The Labute approximate surface area is 184 Å². The fraction of sp³-hybridized carbons (Fsp3) is 0.391. The van der Waals surface area contributed by atoms with Crippen molar-refractivity contribution in [2.45, 2.75) is 38.9 Å². The first-order valence-corrected chi connectivity index (χ1v) is 12.1. The van der Waals surface area contributed by atoms with E-state index in [1.807, 2.05) is 54.6 Å². The van der Waals surface area contributed by atoms with Gasteiger partial charge in [-0.15, -0.1) is 0 Å². The Morgan fingerprint density at radius 1 is 1.03 bits per heavy atom. The second kappa shape index (κ2) is 9.20. The maximum Gasteiger partial charge on any atom is 0.247 e. The standard InChI is InChI=1S/C23H29N3O4S/c1-4-18-10-12-20(13-11-18)15-26-21(27)16-25(31(3,29)30)17-23(26,2)22(28)24-14-19-8-6-5-7-9-19/h5-13H,4,14-17H2,1-3H3,(H,24,28). The minimum atomic E-state index is -3.63. The van der Waals surface area contributed by atoms with Gasteiger partial charge in [-0.25, -0.2) is 8.42 Å². The molecule has 2 aromatic rings.